The first kappa shape index (κ1) is 11.7. The molecule has 0 saturated carbocycles. The molecule has 0 radical (unpaired) electrons. The summed E-state index contributed by atoms with van der Waals surface area (Å²) in [5.74, 6) is 0.933. The van der Waals surface area contributed by atoms with Crippen molar-refractivity contribution in [1.29, 1.82) is 0 Å². The highest BCUT2D eigenvalue weighted by Crippen LogP contribution is 2.26. The van der Waals surface area contributed by atoms with E-state index in [2.05, 4.69) is 0 Å². The molecular formula is C17H14O2. The molecule has 2 nitrogen and oxygen atoms in total. The average Bonchev–Trinajstić information content (AvgIpc) is 2.93. The zero-order chi connectivity index (χ0) is 13.1. The van der Waals surface area contributed by atoms with E-state index in [1.165, 1.54) is 0 Å². The van der Waals surface area contributed by atoms with Gasteiger partial charge in [0.1, 0.15) is 5.75 Å². The smallest absolute Gasteiger partial charge is 0.185 e. The molecule has 19 heavy (non-hydrogen) atoms. The molecule has 2 aromatic carbocycles. The molecule has 1 aliphatic rings. The van der Waals surface area contributed by atoms with Crippen LogP contribution in [0, 0.1) is 0 Å². The van der Waals surface area contributed by atoms with E-state index < -0.39 is 0 Å². The molecule has 1 aliphatic heterocycles. The SMILES string of the molecule is O=C(C=Cc1ccccc1)c1ccc2c(c1)CCO2. The van der Waals surface area contributed by atoms with E-state index in [4.69, 9.17) is 4.74 Å². The van der Waals surface area contributed by atoms with Crippen LogP contribution in [0.4, 0.5) is 0 Å². The first-order chi connectivity index (χ1) is 9.33. The summed E-state index contributed by atoms with van der Waals surface area (Å²) in [6, 6.07) is 15.4. The van der Waals surface area contributed by atoms with E-state index in [0.29, 0.717) is 6.61 Å². The van der Waals surface area contributed by atoms with Crippen LogP contribution in [0.2, 0.25) is 0 Å². The average molecular weight is 250 g/mol. The fourth-order valence-corrected chi connectivity index (χ4v) is 2.17. The molecule has 2 aromatic rings. The number of benzene rings is 2. The Labute approximate surface area is 112 Å². The molecule has 3 rings (SSSR count). The molecule has 0 N–H and O–H groups in total. The molecule has 0 spiro atoms. The van der Waals surface area contributed by atoms with Crippen molar-refractivity contribution in [1.82, 2.24) is 0 Å². The lowest BCUT2D eigenvalue weighted by atomic mass is 10.0. The summed E-state index contributed by atoms with van der Waals surface area (Å²) in [6.07, 6.45) is 4.35. The summed E-state index contributed by atoms with van der Waals surface area (Å²) in [5.41, 5.74) is 2.87. The predicted molar refractivity (Wildman–Crippen MR) is 75.4 cm³/mol. The molecule has 0 atom stereocenters. The third-order valence-electron chi connectivity index (χ3n) is 3.20. The van der Waals surface area contributed by atoms with E-state index in [0.717, 1.165) is 28.9 Å². The summed E-state index contributed by atoms with van der Waals surface area (Å²) in [5, 5.41) is 0. The van der Waals surface area contributed by atoms with Crippen LogP contribution in [0.25, 0.3) is 6.08 Å². The Hall–Kier alpha value is -2.35. The Balaban J connectivity index is 1.79. The highest BCUT2D eigenvalue weighted by Gasteiger charge is 2.13. The van der Waals surface area contributed by atoms with Gasteiger partial charge in [0.15, 0.2) is 5.78 Å². The summed E-state index contributed by atoms with van der Waals surface area (Å²) in [7, 11) is 0. The van der Waals surface area contributed by atoms with Crippen LogP contribution < -0.4 is 4.74 Å². The number of carbonyl (C=O) groups is 1. The number of ether oxygens (including phenoxy) is 1. The Morgan fingerprint density at radius 3 is 2.79 bits per heavy atom. The third-order valence-corrected chi connectivity index (χ3v) is 3.20. The lowest BCUT2D eigenvalue weighted by Crippen LogP contribution is -1.94. The molecule has 0 aromatic heterocycles. The molecule has 94 valence electrons. The van der Waals surface area contributed by atoms with Gasteiger partial charge in [-0.25, -0.2) is 0 Å². The van der Waals surface area contributed by atoms with Crippen LogP contribution in [0.15, 0.2) is 54.6 Å². The van der Waals surface area contributed by atoms with Crippen molar-refractivity contribution in [3.8, 4) is 5.75 Å². The molecule has 0 fully saturated rings. The minimum atomic E-state index is 0.0264. The fraction of sp³-hybridized carbons (Fsp3) is 0.118. The number of ketones is 1. The van der Waals surface area contributed by atoms with Crippen molar-refractivity contribution in [2.45, 2.75) is 6.42 Å². The largest absolute Gasteiger partial charge is 0.493 e. The number of rotatable bonds is 3. The summed E-state index contributed by atoms with van der Waals surface area (Å²) in [6.45, 7) is 0.715. The first-order valence-electron chi connectivity index (χ1n) is 6.36. The topological polar surface area (TPSA) is 26.3 Å². The van der Waals surface area contributed by atoms with Crippen LogP contribution in [-0.2, 0) is 6.42 Å². The Morgan fingerprint density at radius 1 is 1.11 bits per heavy atom. The highest BCUT2D eigenvalue weighted by molar-refractivity contribution is 6.07. The van der Waals surface area contributed by atoms with Crippen molar-refractivity contribution >= 4 is 11.9 Å². The number of hydrogen-bond acceptors (Lipinski definition) is 2. The molecule has 1 heterocycles. The maximum Gasteiger partial charge on any atom is 0.185 e. The standard InChI is InChI=1S/C17H14O2/c18-16(8-6-13-4-2-1-3-5-13)14-7-9-17-15(12-14)10-11-19-17/h1-9,12H,10-11H2. The second-order valence-corrected chi connectivity index (χ2v) is 4.53. The van der Waals surface area contributed by atoms with Gasteiger partial charge < -0.3 is 4.74 Å². The van der Waals surface area contributed by atoms with Crippen LogP contribution in [-0.4, -0.2) is 12.4 Å². The molecule has 0 saturated heterocycles. The summed E-state index contributed by atoms with van der Waals surface area (Å²) in [4.78, 5) is 12.1. The van der Waals surface area contributed by atoms with Crippen molar-refractivity contribution in [2.24, 2.45) is 0 Å². The molecular weight excluding hydrogens is 236 g/mol. The van der Waals surface area contributed by atoms with Gasteiger partial charge in [0.05, 0.1) is 6.61 Å². The van der Waals surface area contributed by atoms with Crippen molar-refractivity contribution < 1.29 is 9.53 Å². The van der Waals surface area contributed by atoms with Gasteiger partial charge in [0, 0.05) is 12.0 Å². The molecule has 0 amide bonds. The molecule has 2 heteroatoms. The van der Waals surface area contributed by atoms with Gasteiger partial charge in [0.25, 0.3) is 0 Å². The second-order valence-electron chi connectivity index (χ2n) is 4.53. The Kier molecular flexibility index (Phi) is 3.15. The Bertz CT molecular complexity index is 627. The van der Waals surface area contributed by atoms with Crippen LogP contribution in [0.1, 0.15) is 21.5 Å². The summed E-state index contributed by atoms with van der Waals surface area (Å²) < 4.78 is 5.43. The highest BCUT2D eigenvalue weighted by atomic mass is 16.5. The fourth-order valence-electron chi connectivity index (χ4n) is 2.17. The zero-order valence-corrected chi connectivity index (χ0v) is 10.5. The monoisotopic (exact) mass is 250 g/mol. The predicted octanol–water partition coefficient (Wildman–Crippen LogP) is 3.52. The third kappa shape index (κ3) is 2.58. The molecule has 0 unspecified atom stereocenters. The van der Waals surface area contributed by atoms with E-state index >= 15 is 0 Å². The zero-order valence-electron chi connectivity index (χ0n) is 10.5. The molecule has 0 bridgehead atoms. The minimum Gasteiger partial charge on any atom is -0.493 e. The van der Waals surface area contributed by atoms with Crippen molar-refractivity contribution in [3.05, 3.63) is 71.3 Å². The van der Waals surface area contributed by atoms with E-state index in [9.17, 15) is 4.79 Å². The van der Waals surface area contributed by atoms with Gasteiger partial charge >= 0.3 is 0 Å². The van der Waals surface area contributed by atoms with Crippen molar-refractivity contribution in [2.75, 3.05) is 6.61 Å². The van der Waals surface area contributed by atoms with Crippen LogP contribution in [0.5, 0.6) is 5.75 Å². The van der Waals surface area contributed by atoms with Crippen LogP contribution in [0.3, 0.4) is 0 Å². The summed E-state index contributed by atoms with van der Waals surface area (Å²) >= 11 is 0. The number of fused-ring (bicyclic) bond motifs is 1. The maximum absolute atomic E-state index is 12.1. The number of carbonyl (C=O) groups excluding carboxylic acids is 1. The molecule has 0 aliphatic carbocycles. The lowest BCUT2D eigenvalue weighted by Gasteiger charge is -2.00. The van der Waals surface area contributed by atoms with Gasteiger partial charge in [-0.1, -0.05) is 36.4 Å². The lowest BCUT2D eigenvalue weighted by molar-refractivity contribution is 0.104. The van der Waals surface area contributed by atoms with E-state index in [1.54, 1.807) is 6.08 Å². The normalized spacial score (nSPS) is 13.3. The van der Waals surface area contributed by atoms with E-state index in [-0.39, 0.29) is 5.78 Å². The van der Waals surface area contributed by atoms with Gasteiger partial charge in [-0.15, -0.1) is 0 Å². The number of allylic oxidation sites excluding steroid dienone is 1. The minimum absolute atomic E-state index is 0.0264. The maximum atomic E-state index is 12.1. The quantitative estimate of drug-likeness (QED) is 0.615. The van der Waals surface area contributed by atoms with E-state index in [1.807, 2.05) is 54.6 Å². The second kappa shape index (κ2) is 5.11. The van der Waals surface area contributed by atoms with Crippen LogP contribution >= 0.6 is 0 Å². The van der Waals surface area contributed by atoms with Gasteiger partial charge in [0.2, 0.25) is 0 Å². The van der Waals surface area contributed by atoms with Crippen molar-refractivity contribution in [3.63, 3.8) is 0 Å². The Morgan fingerprint density at radius 2 is 1.95 bits per heavy atom. The van der Waals surface area contributed by atoms with Gasteiger partial charge in [-0.2, -0.15) is 0 Å². The number of hydrogen-bond donors (Lipinski definition) is 0. The first-order valence-corrected chi connectivity index (χ1v) is 6.36. The van der Waals surface area contributed by atoms with Gasteiger partial charge in [-0.3, -0.25) is 4.79 Å². The van der Waals surface area contributed by atoms with Gasteiger partial charge in [-0.05, 0) is 35.4 Å².